The largest absolute Gasteiger partial charge is 0.380 e. The molecule has 0 spiro atoms. The molecule has 0 aromatic heterocycles. The molecule has 21 heavy (non-hydrogen) atoms. The van der Waals surface area contributed by atoms with E-state index in [0.29, 0.717) is 37.1 Å². The number of alkyl halides is 1. The molecule has 0 unspecified atom stereocenters. The highest BCUT2D eigenvalue weighted by Crippen LogP contribution is 2.25. The number of halogens is 1. The first-order valence-electron chi connectivity index (χ1n) is 7.12. The van der Waals surface area contributed by atoms with Crippen molar-refractivity contribution >= 4 is 21.6 Å². The SMILES string of the molecule is CCOCCN(CC)S(=O)(=O)c1cc(CCl)cc(C)c1C. The van der Waals surface area contributed by atoms with Gasteiger partial charge in [0.2, 0.25) is 10.0 Å². The van der Waals surface area contributed by atoms with Crippen molar-refractivity contribution in [3.05, 3.63) is 28.8 Å². The zero-order chi connectivity index (χ0) is 16.0. The average Bonchev–Trinajstić information content (AvgIpc) is 2.45. The molecule has 0 amide bonds. The summed E-state index contributed by atoms with van der Waals surface area (Å²) in [5.41, 5.74) is 2.53. The maximum absolute atomic E-state index is 12.8. The van der Waals surface area contributed by atoms with Crippen molar-refractivity contribution in [1.82, 2.24) is 4.31 Å². The quantitative estimate of drug-likeness (QED) is 0.542. The van der Waals surface area contributed by atoms with E-state index < -0.39 is 10.0 Å². The lowest BCUT2D eigenvalue weighted by atomic mass is 10.1. The van der Waals surface area contributed by atoms with E-state index in [0.717, 1.165) is 16.7 Å². The molecule has 0 saturated heterocycles. The number of rotatable bonds is 8. The highest BCUT2D eigenvalue weighted by Gasteiger charge is 2.25. The van der Waals surface area contributed by atoms with Crippen molar-refractivity contribution < 1.29 is 13.2 Å². The molecular formula is C15H24ClNO3S. The van der Waals surface area contributed by atoms with Crippen LogP contribution in [-0.4, -0.2) is 39.0 Å². The highest BCUT2D eigenvalue weighted by molar-refractivity contribution is 7.89. The lowest BCUT2D eigenvalue weighted by Gasteiger charge is -2.22. The first-order chi connectivity index (χ1) is 9.88. The first kappa shape index (κ1) is 18.4. The third-order valence-corrected chi connectivity index (χ3v) is 5.90. The summed E-state index contributed by atoms with van der Waals surface area (Å²) in [4.78, 5) is 0.344. The van der Waals surface area contributed by atoms with Gasteiger partial charge in [-0.05, 0) is 43.5 Å². The van der Waals surface area contributed by atoms with Gasteiger partial charge in [-0.2, -0.15) is 4.31 Å². The highest BCUT2D eigenvalue weighted by atomic mass is 35.5. The van der Waals surface area contributed by atoms with E-state index in [9.17, 15) is 8.42 Å². The Bertz CT molecular complexity index is 573. The Kier molecular flexibility index (Phi) is 7.13. The molecule has 0 N–H and O–H groups in total. The van der Waals surface area contributed by atoms with E-state index in [-0.39, 0.29) is 0 Å². The summed E-state index contributed by atoms with van der Waals surface area (Å²) in [7, 11) is -3.52. The predicted molar refractivity (Wildman–Crippen MR) is 86.4 cm³/mol. The molecule has 0 atom stereocenters. The van der Waals surface area contributed by atoms with Crippen LogP contribution >= 0.6 is 11.6 Å². The van der Waals surface area contributed by atoms with Gasteiger partial charge in [-0.3, -0.25) is 0 Å². The molecule has 0 aliphatic carbocycles. The number of sulfonamides is 1. The van der Waals surface area contributed by atoms with E-state index in [1.165, 1.54) is 4.31 Å². The van der Waals surface area contributed by atoms with Crippen molar-refractivity contribution in [2.24, 2.45) is 0 Å². The van der Waals surface area contributed by atoms with E-state index in [1.807, 2.05) is 33.8 Å². The van der Waals surface area contributed by atoms with Crippen LogP contribution in [0.1, 0.15) is 30.5 Å². The molecule has 1 aromatic carbocycles. The molecule has 0 heterocycles. The Balaban J connectivity index is 3.19. The lowest BCUT2D eigenvalue weighted by molar-refractivity contribution is 0.135. The van der Waals surface area contributed by atoms with Crippen LogP contribution < -0.4 is 0 Å². The molecule has 0 bridgehead atoms. The van der Waals surface area contributed by atoms with Crippen LogP contribution in [0.2, 0.25) is 0 Å². The molecular weight excluding hydrogens is 310 g/mol. The standard InChI is InChI=1S/C15H24ClNO3S/c1-5-17(7-8-20-6-2)21(18,19)15-10-14(11-16)9-12(3)13(15)4/h9-10H,5-8,11H2,1-4H3. The minimum atomic E-state index is -3.52. The fourth-order valence-electron chi connectivity index (χ4n) is 2.14. The summed E-state index contributed by atoms with van der Waals surface area (Å²) in [6.07, 6.45) is 0. The van der Waals surface area contributed by atoms with E-state index in [1.54, 1.807) is 6.07 Å². The van der Waals surface area contributed by atoms with E-state index >= 15 is 0 Å². The maximum atomic E-state index is 12.8. The van der Waals surface area contributed by atoms with Crippen LogP contribution in [0.5, 0.6) is 0 Å². The van der Waals surface area contributed by atoms with E-state index in [2.05, 4.69) is 0 Å². The zero-order valence-corrected chi connectivity index (χ0v) is 14.7. The number of ether oxygens (including phenoxy) is 1. The van der Waals surface area contributed by atoms with Gasteiger partial charge in [0.05, 0.1) is 11.5 Å². The van der Waals surface area contributed by atoms with Gasteiger partial charge in [0.1, 0.15) is 0 Å². The molecule has 0 fully saturated rings. The Morgan fingerprint density at radius 2 is 1.90 bits per heavy atom. The van der Waals surface area contributed by atoms with Crippen molar-refractivity contribution in [2.75, 3.05) is 26.3 Å². The fraction of sp³-hybridized carbons (Fsp3) is 0.600. The van der Waals surface area contributed by atoms with Crippen LogP contribution in [0.4, 0.5) is 0 Å². The number of benzene rings is 1. The molecule has 1 rings (SSSR count). The summed E-state index contributed by atoms with van der Waals surface area (Å²) in [6, 6.07) is 3.60. The van der Waals surface area contributed by atoms with Gasteiger partial charge in [0.25, 0.3) is 0 Å². The number of nitrogens with zero attached hydrogens (tertiary/aromatic N) is 1. The van der Waals surface area contributed by atoms with Crippen LogP contribution in [0.3, 0.4) is 0 Å². The second-order valence-corrected chi connectivity index (χ2v) is 7.04. The Morgan fingerprint density at radius 3 is 2.43 bits per heavy atom. The Hall–Kier alpha value is -0.620. The molecule has 1 aromatic rings. The van der Waals surface area contributed by atoms with Gasteiger partial charge >= 0.3 is 0 Å². The van der Waals surface area contributed by atoms with Gasteiger partial charge in [-0.25, -0.2) is 8.42 Å². The monoisotopic (exact) mass is 333 g/mol. The summed E-state index contributed by atoms with van der Waals surface area (Å²) < 4.78 is 32.4. The second-order valence-electron chi connectivity index (χ2n) is 4.86. The molecule has 6 heteroatoms. The van der Waals surface area contributed by atoms with Gasteiger partial charge in [-0.15, -0.1) is 11.6 Å². The molecule has 0 saturated carbocycles. The maximum Gasteiger partial charge on any atom is 0.243 e. The van der Waals surface area contributed by atoms with Crippen molar-refractivity contribution in [1.29, 1.82) is 0 Å². The normalized spacial score (nSPS) is 12.1. The molecule has 0 radical (unpaired) electrons. The fourth-order valence-corrected chi connectivity index (χ4v) is 4.08. The van der Waals surface area contributed by atoms with Gasteiger partial charge in [0.15, 0.2) is 0 Å². The van der Waals surface area contributed by atoms with Crippen molar-refractivity contribution in [2.45, 2.75) is 38.5 Å². The second kappa shape index (κ2) is 8.13. The minimum Gasteiger partial charge on any atom is -0.380 e. The molecule has 4 nitrogen and oxygen atoms in total. The summed E-state index contributed by atoms with van der Waals surface area (Å²) in [5, 5.41) is 0. The lowest BCUT2D eigenvalue weighted by Crippen LogP contribution is -2.34. The molecule has 120 valence electrons. The number of aryl methyl sites for hydroxylation is 1. The number of hydrogen-bond acceptors (Lipinski definition) is 3. The van der Waals surface area contributed by atoms with Crippen molar-refractivity contribution in [3.8, 4) is 0 Å². The smallest absolute Gasteiger partial charge is 0.243 e. The summed E-state index contributed by atoms with van der Waals surface area (Å²) in [6.45, 7) is 9.21. The van der Waals surface area contributed by atoms with Gasteiger partial charge in [-0.1, -0.05) is 13.0 Å². The van der Waals surface area contributed by atoms with Gasteiger partial charge in [0, 0.05) is 25.6 Å². The van der Waals surface area contributed by atoms with Crippen LogP contribution in [0.15, 0.2) is 17.0 Å². The van der Waals surface area contributed by atoms with Crippen LogP contribution in [0.25, 0.3) is 0 Å². The zero-order valence-electron chi connectivity index (χ0n) is 13.1. The Morgan fingerprint density at radius 1 is 1.24 bits per heavy atom. The van der Waals surface area contributed by atoms with Crippen LogP contribution in [-0.2, 0) is 20.6 Å². The van der Waals surface area contributed by atoms with Crippen molar-refractivity contribution in [3.63, 3.8) is 0 Å². The first-order valence-corrected chi connectivity index (χ1v) is 9.09. The minimum absolute atomic E-state index is 0.300. The Labute approximate surface area is 133 Å². The summed E-state index contributed by atoms with van der Waals surface area (Å²) >= 11 is 5.86. The molecule has 0 aliphatic rings. The van der Waals surface area contributed by atoms with E-state index in [4.69, 9.17) is 16.3 Å². The average molecular weight is 334 g/mol. The summed E-state index contributed by atoms with van der Waals surface area (Å²) in [5.74, 6) is 0.300. The number of hydrogen-bond donors (Lipinski definition) is 0. The number of likely N-dealkylation sites (N-methyl/N-ethyl adjacent to an activating group) is 1. The van der Waals surface area contributed by atoms with Gasteiger partial charge < -0.3 is 4.74 Å². The molecule has 0 aliphatic heterocycles. The van der Waals surface area contributed by atoms with Crippen LogP contribution in [0, 0.1) is 13.8 Å². The predicted octanol–water partition coefficient (Wildman–Crippen LogP) is 3.09. The third kappa shape index (κ3) is 4.42. The third-order valence-electron chi connectivity index (χ3n) is 3.49. The topological polar surface area (TPSA) is 46.6 Å².